The highest BCUT2D eigenvalue weighted by atomic mass is 32.1. The number of nitro benzene ring substituents is 1. The van der Waals surface area contributed by atoms with Gasteiger partial charge >= 0.3 is 11.9 Å². The van der Waals surface area contributed by atoms with Gasteiger partial charge in [-0.1, -0.05) is 11.3 Å². The van der Waals surface area contributed by atoms with E-state index >= 15 is 0 Å². The summed E-state index contributed by atoms with van der Waals surface area (Å²) in [5, 5.41) is 13.1. The fraction of sp³-hybridized carbons (Fsp3) is 0.182. The van der Waals surface area contributed by atoms with Crippen LogP contribution in [0.2, 0.25) is 0 Å². The Morgan fingerprint density at radius 3 is 2.90 bits per heavy atom. The zero-order chi connectivity index (χ0) is 14.7. The number of hydrogen-bond acceptors (Lipinski definition) is 7. The van der Waals surface area contributed by atoms with Gasteiger partial charge < -0.3 is 4.74 Å². The number of thiazole rings is 1. The fourth-order valence-electron chi connectivity index (χ4n) is 1.43. The molecule has 0 spiro atoms. The van der Waals surface area contributed by atoms with E-state index in [-0.39, 0.29) is 17.4 Å². The van der Waals surface area contributed by atoms with E-state index in [1.54, 1.807) is 6.92 Å². The quantitative estimate of drug-likeness (QED) is 0.399. The number of ether oxygens (including phenoxy) is 1. The smallest absolute Gasteiger partial charge is 0.397 e. The topological polar surface area (TPSA) is 111 Å². The lowest BCUT2D eigenvalue weighted by Crippen LogP contribution is -2.24. The molecule has 0 aliphatic carbocycles. The highest BCUT2D eigenvalue weighted by Gasteiger charge is 2.17. The molecule has 0 saturated heterocycles. The predicted molar refractivity (Wildman–Crippen MR) is 71.5 cm³/mol. The van der Waals surface area contributed by atoms with Crippen LogP contribution in [0.3, 0.4) is 0 Å². The van der Waals surface area contributed by atoms with E-state index in [1.165, 1.54) is 18.2 Å². The molecule has 0 aliphatic heterocycles. The van der Waals surface area contributed by atoms with Crippen LogP contribution in [0.4, 0.5) is 10.8 Å². The average Bonchev–Trinajstić information content (AvgIpc) is 2.79. The largest absolute Gasteiger partial charge is 0.459 e. The number of nitrogens with zero attached hydrogens (tertiary/aromatic N) is 2. The van der Waals surface area contributed by atoms with E-state index in [2.05, 4.69) is 15.0 Å². The summed E-state index contributed by atoms with van der Waals surface area (Å²) in [7, 11) is 0. The SMILES string of the molecule is CCOC(=O)C(=O)Nc1nc2cc([N+](=O)[O-])ccc2s1. The number of hydrogen-bond donors (Lipinski definition) is 1. The van der Waals surface area contributed by atoms with Gasteiger partial charge in [0.05, 0.1) is 21.7 Å². The minimum Gasteiger partial charge on any atom is -0.459 e. The molecule has 0 fully saturated rings. The van der Waals surface area contributed by atoms with Crippen molar-refractivity contribution < 1.29 is 19.2 Å². The maximum atomic E-state index is 11.4. The Bertz CT molecular complexity index is 696. The molecule has 0 atom stereocenters. The number of non-ortho nitro benzene ring substituents is 1. The molecule has 0 radical (unpaired) electrons. The second kappa shape index (κ2) is 5.61. The molecule has 8 nitrogen and oxygen atoms in total. The fourth-order valence-corrected chi connectivity index (χ4v) is 2.27. The monoisotopic (exact) mass is 295 g/mol. The Balaban J connectivity index is 2.22. The molecule has 1 heterocycles. The van der Waals surface area contributed by atoms with Gasteiger partial charge in [0.25, 0.3) is 5.69 Å². The lowest BCUT2D eigenvalue weighted by atomic mass is 10.3. The molecular formula is C11H9N3O5S. The van der Waals surface area contributed by atoms with Gasteiger partial charge in [-0.15, -0.1) is 0 Å². The molecular weight excluding hydrogens is 286 g/mol. The first-order chi connectivity index (χ1) is 9.51. The number of benzene rings is 1. The molecule has 1 amide bonds. The van der Waals surface area contributed by atoms with E-state index in [0.29, 0.717) is 10.2 Å². The third-order valence-electron chi connectivity index (χ3n) is 2.26. The molecule has 1 aromatic heterocycles. The highest BCUT2D eigenvalue weighted by Crippen LogP contribution is 2.28. The van der Waals surface area contributed by atoms with Crippen LogP contribution in [0, 0.1) is 10.1 Å². The van der Waals surface area contributed by atoms with Gasteiger partial charge in [0.1, 0.15) is 0 Å². The number of amides is 1. The maximum Gasteiger partial charge on any atom is 0.397 e. The predicted octanol–water partition coefficient (Wildman–Crippen LogP) is 1.71. The molecule has 9 heteroatoms. The van der Waals surface area contributed by atoms with Gasteiger partial charge in [0.15, 0.2) is 5.13 Å². The normalized spacial score (nSPS) is 10.2. The second-order valence-electron chi connectivity index (χ2n) is 3.60. The molecule has 0 unspecified atom stereocenters. The third kappa shape index (κ3) is 2.88. The van der Waals surface area contributed by atoms with Crippen LogP contribution >= 0.6 is 11.3 Å². The first-order valence-electron chi connectivity index (χ1n) is 5.54. The van der Waals surface area contributed by atoms with Crippen molar-refractivity contribution in [3.05, 3.63) is 28.3 Å². The molecule has 1 aromatic carbocycles. The highest BCUT2D eigenvalue weighted by molar-refractivity contribution is 7.22. The molecule has 0 aliphatic rings. The number of rotatable bonds is 3. The van der Waals surface area contributed by atoms with Gasteiger partial charge in [0.2, 0.25) is 0 Å². The Hall–Kier alpha value is -2.55. The lowest BCUT2D eigenvalue weighted by Gasteiger charge is -2.00. The second-order valence-corrected chi connectivity index (χ2v) is 4.63. The van der Waals surface area contributed by atoms with Crippen molar-refractivity contribution in [2.75, 3.05) is 11.9 Å². The first kappa shape index (κ1) is 13.9. The van der Waals surface area contributed by atoms with Crippen LogP contribution < -0.4 is 5.32 Å². The van der Waals surface area contributed by atoms with Gasteiger partial charge in [-0.3, -0.25) is 20.2 Å². The van der Waals surface area contributed by atoms with Crippen molar-refractivity contribution in [3.8, 4) is 0 Å². The molecule has 20 heavy (non-hydrogen) atoms. The summed E-state index contributed by atoms with van der Waals surface area (Å²) in [6.07, 6.45) is 0. The summed E-state index contributed by atoms with van der Waals surface area (Å²) in [5.74, 6) is -1.93. The van der Waals surface area contributed by atoms with Crippen molar-refractivity contribution in [1.82, 2.24) is 4.98 Å². The summed E-state index contributed by atoms with van der Waals surface area (Å²) in [4.78, 5) is 36.7. The van der Waals surface area contributed by atoms with Crippen LogP contribution in [-0.2, 0) is 14.3 Å². The van der Waals surface area contributed by atoms with Gasteiger partial charge in [-0.25, -0.2) is 9.78 Å². The average molecular weight is 295 g/mol. The molecule has 0 saturated carbocycles. The number of esters is 1. The van der Waals surface area contributed by atoms with Crippen LogP contribution in [0.5, 0.6) is 0 Å². The zero-order valence-corrected chi connectivity index (χ0v) is 11.1. The number of carbonyl (C=O) groups is 2. The van der Waals surface area contributed by atoms with Gasteiger partial charge in [-0.2, -0.15) is 0 Å². The van der Waals surface area contributed by atoms with E-state index in [0.717, 1.165) is 11.3 Å². The van der Waals surface area contributed by atoms with E-state index in [1.807, 2.05) is 0 Å². The van der Waals surface area contributed by atoms with E-state index in [4.69, 9.17) is 0 Å². The van der Waals surface area contributed by atoms with Crippen LogP contribution in [0.25, 0.3) is 10.2 Å². The summed E-state index contributed by atoms with van der Waals surface area (Å²) < 4.78 is 5.20. The number of nitro groups is 1. The lowest BCUT2D eigenvalue weighted by molar-refractivity contribution is -0.384. The number of anilines is 1. The minimum atomic E-state index is -1.00. The number of carbonyl (C=O) groups excluding carboxylic acids is 2. The van der Waals surface area contributed by atoms with Crippen molar-refractivity contribution in [2.24, 2.45) is 0 Å². The Morgan fingerprint density at radius 2 is 2.25 bits per heavy atom. The summed E-state index contributed by atoms with van der Waals surface area (Å²) in [6.45, 7) is 1.68. The van der Waals surface area contributed by atoms with E-state index in [9.17, 15) is 19.7 Å². The first-order valence-corrected chi connectivity index (χ1v) is 6.36. The standard InChI is InChI=1S/C11H9N3O5S/c1-2-19-10(16)9(15)13-11-12-7-5-6(14(17)18)3-4-8(7)20-11/h3-5H,2H2,1H3,(H,12,13,15). The summed E-state index contributed by atoms with van der Waals surface area (Å²) >= 11 is 1.11. The Kier molecular flexibility index (Phi) is 3.89. The molecule has 2 aromatic rings. The molecule has 1 N–H and O–H groups in total. The van der Waals surface area contributed by atoms with Gasteiger partial charge in [0, 0.05) is 12.1 Å². The van der Waals surface area contributed by atoms with Crippen molar-refractivity contribution in [2.45, 2.75) is 6.92 Å². The Labute approximate surface area is 116 Å². The van der Waals surface area contributed by atoms with Crippen molar-refractivity contribution in [1.29, 1.82) is 0 Å². The van der Waals surface area contributed by atoms with E-state index < -0.39 is 16.8 Å². The third-order valence-corrected chi connectivity index (χ3v) is 3.22. The van der Waals surface area contributed by atoms with Crippen LogP contribution in [0.15, 0.2) is 18.2 Å². The van der Waals surface area contributed by atoms with Crippen molar-refractivity contribution >= 4 is 44.2 Å². The maximum absolute atomic E-state index is 11.4. The molecule has 2 rings (SSSR count). The number of nitrogens with one attached hydrogen (secondary N) is 1. The number of fused-ring (bicyclic) bond motifs is 1. The molecule has 104 valence electrons. The number of aromatic nitrogens is 1. The van der Waals surface area contributed by atoms with Crippen LogP contribution in [-0.4, -0.2) is 28.4 Å². The molecule has 0 bridgehead atoms. The summed E-state index contributed by atoms with van der Waals surface area (Å²) in [6, 6.07) is 4.18. The van der Waals surface area contributed by atoms with Crippen molar-refractivity contribution in [3.63, 3.8) is 0 Å². The minimum absolute atomic E-state index is 0.0916. The summed E-state index contributed by atoms with van der Waals surface area (Å²) in [5.41, 5.74) is 0.287. The Morgan fingerprint density at radius 1 is 1.50 bits per heavy atom. The van der Waals surface area contributed by atoms with Gasteiger partial charge in [-0.05, 0) is 13.0 Å². The van der Waals surface area contributed by atoms with Crippen LogP contribution in [0.1, 0.15) is 6.92 Å². The zero-order valence-electron chi connectivity index (χ0n) is 10.3.